The Bertz CT molecular complexity index is 238. The Hall–Kier alpha value is -0.370. The van der Waals surface area contributed by atoms with Crippen LogP contribution >= 0.6 is 0 Å². The lowest BCUT2D eigenvalue weighted by molar-refractivity contribution is -0.176. The summed E-state index contributed by atoms with van der Waals surface area (Å²) in [6.45, 7) is 3.10. The zero-order chi connectivity index (χ0) is 13.6. The summed E-state index contributed by atoms with van der Waals surface area (Å²) in [5.41, 5.74) is 5.20. The zero-order valence-corrected chi connectivity index (χ0v) is 10.5. The van der Waals surface area contributed by atoms with Gasteiger partial charge in [0.05, 0.1) is 12.5 Å². The zero-order valence-electron chi connectivity index (χ0n) is 10.5. The van der Waals surface area contributed by atoms with Crippen molar-refractivity contribution in [2.45, 2.75) is 12.6 Å². The van der Waals surface area contributed by atoms with Crippen molar-refractivity contribution in [2.24, 2.45) is 11.7 Å². The summed E-state index contributed by atoms with van der Waals surface area (Å²) < 4.78 is 37.9. The predicted molar refractivity (Wildman–Crippen MR) is 63.2 cm³/mol. The van der Waals surface area contributed by atoms with E-state index in [2.05, 4.69) is 4.90 Å². The summed E-state index contributed by atoms with van der Waals surface area (Å²) in [6.07, 6.45) is -3.39. The first-order chi connectivity index (χ1) is 8.47. The molecule has 3 N–H and O–H groups in total. The molecule has 1 fully saturated rings. The van der Waals surface area contributed by atoms with E-state index in [1.807, 2.05) is 4.90 Å². The minimum atomic E-state index is -4.22. The van der Waals surface area contributed by atoms with Gasteiger partial charge < -0.3 is 15.7 Å². The van der Waals surface area contributed by atoms with E-state index in [0.717, 1.165) is 13.0 Å². The number of β-amino-alcohol motifs (C(OH)–C–C–N with tert-alkyl or cyclic N) is 1. The van der Waals surface area contributed by atoms with E-state index < -0.39 is 12.1 Å². The Labute approximate surface area is 106 Å². The van der Waals surface area contributed by atoms with Gasteiger partial charge in [-0.1, -0.05) is 0 Å². The first kappa shape index (κ1) is 15.7. The molecule has 0 bridgehead atoms. The topological polar surface area (TPSA) is 52.7 Å². The third-order valence-corrected chi connectivity index (χ3v) is 3.32. The third-order valence-electron chi connectivity index (χ3n) is 3.32. The van der Waals surface area contributed by atoms with Gasteiger partial charge in [0.25, 0.3) is 0 Å². The van der Waals surface area contributed by atoms with Gasteiger partial charge in [0.2, 0.25) is 0 Å². The van der Waals surface area contributed by atoms with Crippen molar-refractivity contribution in [3.63, 3.8) is 0 Å². The second-order valence-corrected chi connectivity index (χ2v) is 4.69. The Morgan fingerprint density at radius 3 is 2.28 bits per heavy atom. The summed E-state index contributed by atoms with van der Waals surface area (Å²) in [5.74, 6) is -1.44. The lowest BCUT2D eigenvalue weighted by atomic mass is 10.1. The highest BCUT2D eigenvalue weighted by Crippen LogP contribution is 2.26. The fourth-order valence-electron chi connectivity index (χ4n) is 2.20. The van der Waals surface area contributed by atoms with Crippen molar-refractivity contribution in [3.05, 3.63) is 0 Å². The minimum absolute atomic E-state index is 0.0209. The molecule has 1 rings (SSSR count). The Balaban J connectivity index is 2.43. The van der Waals surface area contributed by atoms with Gasteiger partial charge in [-0.2, -0.15) is 13.2 Å². The maximum absolute atomic E-state index is 12.6. The van der Waals surface area contributed by atoms with Gasteiger partial charge in [0.1, 0.15) is 0 Å². The smallest absolute Gasteiger partial charge is 0.394 e. The van der Waals surface area contributed by atoms with Crippen LogP contribution in [0.5, 0.6) is 0 Å². The molecule has 1 heterocycles. The Kier molecular flexibility index (Phi) is 6.34. The van der Waals surface area contributed by atoms with Gasteiger partial charge in [-0.15, -0.1) is 0 Å². The lowest BCUT2D eigenvalue weighted by Crippen LogP contribution is -2.42. The van der Waals surface area contributed by atoms with E-state index in [1.165, 1.54) is 0 Å². The highest BCUT2D eigenvalue weighted by Gasteiger charge is 2.39. The minimum Gasteiger partial charge on any atom is -0.395 e. The third kappa shape index (κ3) is 5.09. The molecule has 1 atom stereocenters. The van der Waals surface area contributed by atoms with E-state index in [-0.39, 0.29) is 19.7 Å². The number of alkyl halides is 3. The van der Waals surface area contributed by atoms with Crippen molar-refractivity contribution < 1.29 is 18.3 Å². The van der Waals surface area contributed by atoms with Gasteiger partial charge in [0, 0.05) is 32.7 Å². The molecule has 0 aromatic carbocycles. The molecule has 0 amide bonds. The number of nitrogens with two attached hydrogens (primary N) is 1. The molecule has 7 heteroatoms. The van der Waals surface area contributed by atoms with E-state index in [0.29, 0.717) is 26.2 Å². The number of nitrogens with zero attached hydrogens (tertiary/aromatic N) is 2. The summed E-state index contributed by atoms with van der Waals surface area (Å²) in [7, 11) is 0. The van der Waals surface area contributed by atoms with Gasteiger partial charge in [-0.25, -0.2) is 0 Å². The molecule has 1 saturated heterocycles. The van der Waals surface area contributed by atoms with Crippen LogP contribution in [0.15, 0.2) is 0 Å². The molecule has 1 aliphatic rings. The molecule has 18 heavy (non-hydrogen) atoms. The fourth-order valence-corrected chi connectivity index (χ4v) is 2.20. The standard InChI is InChI=1S/C11H22F3N3O/c12-11(13,14)10(8-15)9-17-3-1-2-16(4-5-17)6-7-18/h10,18H,1-9,15H2. The molecule has 0 aromatic rings. The maximum Gasteiger partial charge on any atom is 0.394 e. The predicted octanol–water partition coefficient (Wildman–Crippen LogP) is 0.124. The van der Waals surface area contributed by atoms with Crippen molar-refractivity contribution in [3.8, 4) is 0 Å². The van der Waals surface area contributed by atoms with Gasteiger partial charge in [-0.05, 0) is 19.5 Å². The van der Waals surface area contributed by atoms with Crippen LogP contribution in [0.2, 0.25) is 0 Å². The number of hydrogen-bond acceptors (Lipinski definition) is 4. The average Bonchev–Trinajstić information content (AvgIpc) is 2.50. The number of halogens is 3. The van der Waals surface area contributed by atoms with Gasteiger partial charge >= 0.3 is 6.18 Å². The molecule has 0 aromatic heterocycles. The largest absolute Gasteiger partial charge is 0.395 e. The van der Waals surface area contributed by atoms with Gasteiger partial charge in [-0.3, -0.25) is 4.90 Å². The SMILES string of the molecule is NCC(CN1CCCN(CCO)CC1)C(F)(F)F. The molecular formula is C11H22F3N3O. The lowest BCUT2D eigenvalue weighted by Gasteiger charge is -2.27. The average molecular weight is 269 g/mol. The summed E-state index contributed by atoms with van der Waals surface area (Å²) in [5, 5.41) is 8.85. The highest BCUT2D eigenvalue weighted by molar-refractivity contribution is 4.76. The van der Waals surface area contributed by atoms with E-state index in [1.54, 1.807) is 0 Å². The molecular weight excluding hydrogens is 247 g/mol. The second-order valence-electron chi connectivity index (χ2n) is 4.69. The first-order valence-corrected chi connectivity index (χ1v) is 6.29. The number of hydrogen-bond donors (Lipinski definition) is 2. The molecule has 0 saturated carbocycles. The molecule has 108 valence electrons. The van der Waals surface area contributed by atoms with Crippen LogP contribution in [0, 0.1) is 5.92 Å². The quantitative estimate of drug-likeness (QED) is 0.744. The molecule has 0 radical (unpaired) electrons. The van der Waals surface area contributed by atoms with Crippen LogP contribution in [0.3, 0.4) is 0 Å². The van der Waals surface area contributed by atoms with Crippen LogP contribution in [0.25, 0.3) is 0 Å². The molecule has 0 aliphatic carbocycles. The number of aliphatic hydroxyl groups is 1. The van der Waals surface area contributed by atoms with E-state index in [4.69, 9.17) is 10.8 Å². The van der Waals surface area contributed by atoms with E-state index in [9.17, 15) is 13.2 Å². The van der Waals surface area contributed by atoms with Crippen LogP contribution in [-0.2, 0) is 0 Å². The normalized spacial score (nSPS) is 21.8. The number of rotatable bonds is 5. The molecule has 0 spiro atoms. The van der Waals surface area contributed by atoms with Crippen molar-refractivity contribution in [1.29, 1.82) is 0 Å². The van der Waals surface area contributed by atoms with E-state index >= 15 is 0 Å². The Morgan fingerprint density at radius 1 is 1.11 bits per heavy atom. The van der Waals surface area contributed by atoms with Crippen LogP contribution in [0.1, 0.15) is 6.42 Å². The number of aliphatic hydroxyl groups excluding tert-OH is 1. The van der Waals surface area contributed by atoms with Crippen molar-refractivity contribution in [2.75, 3.05) is 52.4 Å². The first-order valence-electron chi connectivity index (χ1n) is 6.29. The van der Waals surface area contributed by atoms with Gasteiger partial charge in [0.15, 0.2) is 0 Å². The maximum atomic E-state index is 12.6. The summed E-state index contributed by atoms with van der Waals surface area (Å²) in [4.78, 5) is 3.90. The monoisotopic (exact) mass is 269 g/mol. The van der Waals surface area contributed by atoms with Crippen LogP contribution < -0.4 is 5.73 Å². The van der Waals surface area contributed by atoms with Crippen molar-refractivity contribution in [1.82, 2.24) is 9.80 Å². The highest BCUT2D eigenvalue weighted by atomic mass is 19.4. The fraction of sp³-hybridized carbons (Fsp3) is 1.00. The van der Waals surface area contributed by atoms with Crippen LogP contribution in [0.4, 0.5) is 13.2 Å². The van der Waals surface area contributed by atoms with Crippen molar-refractivity contribution >= 4 is 0 Å². The molecule has 4 nitrogen and oxygen atoms in total. The molecule has 1 unspecified atom stereocenters. The Morgan fingerprint density at radius 2 is 1.72 bits per heavy atom. The summed E-state index contributed by atoms with van der Waals surface area (Å²) in [6, 6.07) is 0. The molecule has 1 aliphatic heterocycles. The second kappa shape index (κ2) is 7.28. The summed E-state index contributed by atoms with van der Waals surface area (Å²) >= 11 is 0. The van der Waals surface area contributed by atoms with Crippen LogP contribution in [-0.4, -0.2) is 73.5 Å².